The molecule has 1 aromatic carbocycles. The van der Waals surface area contributed by atoms with E-state index in [0.717, 1.165) is 19.4 Å². The first-order valence-electron chi connectivity index (χ1n) is 6.94. The maximum absolute atomic E-state index is 12.6. The number of nitrogens with zero attached hydrogens (tertiary/aromatic N) is 1. The molecule has 1 fully saturated rings. The topological polar surface area (TPSA) is 66.6 Å². The number of nitrogens with two attached hydrogens (primary N) is 1. The first-order valence-corrected chi connectivity index (χ1v) is 6.94. The van der Waals surface area contributed by atoms with E-state index in [-0.39, 0.29) is 25.0 Å². The third-order valence-electron chi connectivity index (χ3n) is 3.55. The lowest BCUT2D eigenvalue weighted by molar-refractivity contribution is 0.0620. The molecule has 20 heavy (non-hydrogen) atoms. The minimum Gasteiger partial charge on any atom is -0.396 e. The van der Waals surface area contributed by atoms with Crippen LogP contribution in [-0.4, -0.2) is 42.2 Å². The maximum Gasteiger partial charge on any atom is 0.255 e. The number of aliphatic hydroxyl groups is 1. The van der Waals surface area contributed by atoms with Crippen molar-refractivity contribution in [3.05, 3.63) is 35.4 Å². The minimum absolute atomic E-state index is 0.00919. The molecule has 0 radical (unpaired) electrons. The lowest BCUT2D eigenvalue weighted by Crippen LogP contribution is -2.41. The van der Waals surface area contributed by atoms with Crippen molar-refractivity contribution in [3.63, 3.8) is 0 Å². The van der Waals surface area contributed by atoms with Gasteiger partial charge in [0.25, 0.3) is 5.91 Å². The molecule has 0 saturated carbocycles. The van der Waals surface area contributed by atoms with E-state index in [2.05, 4.69) is 11.8 Å². The van der Waals surface area contributed by atoms with Crippen LogP contribution in [0.2, 0.25) is 0 Å². The number of hydrogen-bond donors (Lipinski definition) is 2. The van der Waals surface area contributed by atoms with Crippen LogP contribution in [0.5, 0.6) is 0 Å². The van der Waals surface area contributed by atoms with Crippen molar-refractivity contribution >= 4 is 5.91 Å². The minimum atomic E-state index is -0.00919. The van der Waals surface area contributed by atoms with Crippen LogP contribution in [0.25, 0.3) is 0 Å². The highest BCUT2D eigenvalue weighted by Gasteiger charge is 2.24. The van der Waals surface area contributed by atoms with Gasteiger partial charge in [-0.15, -0.1) is 0 Å². The Morgan fingerprint density at radius 2 is 2.25 bits per heavy atom. The number of hydrogen-bond acceptors (Lipinski definition) is 3. The molecule has 4 heteroatoms. The van der Waals surface area contributed by atoms with E-state index < -0.39 is 0 Å². The number of likely N-dealkylation sites (tertiary alicyclic amines) is 1. The molecule has 0 spiro atoms. The third kappa shape index (κ3) is 3.38. The number of amides is 1. The summed E-state index contributed by atoms with van der Waals surface area (Å²) >= 11 is 0. The summed E-state index contributed by atoms with van der Waals surface area (Å²) in [5, 5.41) is 9.26. The Kier molecular flexibility index (Phi) is 5.16. The van der Waals surface area contributed by atoms with Crippen molar-refractivity contribution in [3.8, 4) is 11.8 Å². The van der Waals surface area contributed by atoms with Gasteiger partial charge < -0.3 is 15.7 Å². The summed E-state index contributed by atoms with van der Waals surface area (Å²) in [4.78, 5) is 14.4. The van der Waals surface area contributed by atoms with Crippen molar-refractivity contribution < 1.29 is 9.90 Å². The van der Waals surface area contributed by atoms with Gasteiger partial charge in [0.1, 0.15) is 0 Å². The standard InChI is InChI=1S/C16H20N2O2/c17-9-3-7-14-6-1-2-8-15(14)16(20)18-10-4-5-13(11-18)12-19/h1-2,6,8,13,19H,4-5,9-12,17H2. The Hall–Kier alpha value is -1.83. The van der Waals surface area contributed by atoms with Crippen molar-refractivity contribution in [2.45, 2.75) is 12.8 Å². The normalized spacial score (nSPS) is 18.3. The fourth-order valence-electron chi connectivity index (χ4n) is 2.49. The van der Waals surface area contributed by atoms with Gasteiger partial charge in [0.05, 0.1) is 12.1 Å². The van der Waals surface area contributed by atoms with Crippen LogP contribution >= 0.6 is 0 Å². The van der Waals surface area contributed by atoms with Crippen LogP contribution in [0, 0.1) is 17.8 Å². The molecule has 2 rings (SSSR count). The van der Waals surface area contributed by atoms with Gasteiger partial charge in [-0.05, 0) is 30.9 Å². The van der Waals surface area contributed by atoms with Gasteiger partial charge in [0, 0.05) is 25.3 Å². The van der Waals surface area contributed by atoms with Gasteiger partial charge in [-0.2, -0.15) is 0 Å². The molecule has 106 valence electrons. The van der Waals surface area contributed by atoms with Gasteiger partial charge in [-0.25, -0.2) is 0 Å². The molecule has 1 amide bonds. The van der Waals surface area contributed by atoms with Crippen molar-refractivity contribution in [1.29, 1.82) is 0 Å². The SMILES string of the molecule is NCC#Cc1ccccc1C(=O)N1CCCC(CO)C1. The Bertz CT molecular complexity index is 531. The fraction of sp³-hybridized carbons (Fsp3) is 0.438. The Balaban J connectivity index is 2.20. The first-order chi connectivity index (χ1) is 9.76. The third-order valence-corrected chi connectivity index (χ3v) is 3.55. The number of benzene rings is 1. The second-order valence-electron chi connectivity index (χ2n) is 4.99. The predicted molar refractivity (Wildman–Crippen MR) is 78.1 cm³/mol. The van der Waals surface area contributed by atoms with Crippen molar-refractivity contribution in [2.75, 3.05) is 26.2 Å². The van der Waals surface area contributed by atoms with E-state index in [9.17, 15) is 9.90 Å². The summed E-state index contributed by atoms with van der Waals surface area (Å²) in [6.07, 6.45) is 1.92. The van der Waals surface area contributed by atoms with Gasteiger partial charge in [-0.3, -0.25) is 4.79 Å². The van der Waals surface area contributed by atoms with E-state index in [4.69, 9.17) is 5.73 Å². The molecule has 1 heterocycles. The average Bonchev–Trinajstić information content (AvgIpc) is 2.52. The van der Waals surface area contributed by atoms with Gasteiger partial charge in [0.2, 0.25) is 0 Å². The molecule has 3 N–H and O–H groups in total. The van der Waals surface area contributed by atoms with E-state index in [0.29, 0.717) is 17.7 Å². The maximum atomic E-state index is 12.6. The number of rotatable bonds is 2. The summed E-state index contributed by atoms with van der Waals surface area (Å²) in [5.74, 6) is 5.92. The molecule has 0 bridgehead atoms. The lowest BCUT2D eigenvalue weighted by Gasteiger charge is -2.32. The van der Waals surface area contributed by atoms with Crippen molar-refractivity contribution in [1.82, 2.24) is 4.90 Å². The number of carbonyl (C=O) groups excluding carboxylic acids is 1. The van der Waals surface area contributed by atoms with E-state index in [1.165, 1.54) is 0 Å². The molecule has 0 aliphatic carbocycles. The zero-order valence-corrected chi connectivity index (χ0v) is 11.5. The van der Waals surface area contributed by atoms with Crippen molar-refractivity contribution in [2.24, 2.45) is 11.7 Å². The lowest BCUT2D eigenvalue weighted by atomic mass is 9.97. The van der Waals surface area contributed by atoms with Crippen LogP contribution in [0.3, 0.4) is 0 Å². The Morgan fingerprint density at radius 1 is 1.45 bits per heavy atom. The molecule has 1 saturated heterocycles. The molecule has 4 nitrogen and oxygen atoms in total. The summed E-state index contributed by atoms with van der Waals surface area (Å²) in [7, 11) is 0. The van der Waals surface area contributed by atoms with Gasteiger partial charge in [0.15, 0.2) is 0 Å². The van der Waals surface area contributed by atoms with Crippen LogP contribution in [0.15, 0.2) is 24.3 Å². The van der Waals surface area contributed by atoms with Crippen LogP contribution in [-0.2, 0) is 0 Å². The molecule has 1 aliphatic rings. The fourth-order valence-corrected chi connectivity index (χ4v) is 2.49. The Morgan fingerprint density at radius 3 is 3.00 bits per heavy atom. The predicted octanol–water partition coefficient (Wildman–Crippen LogP) is 0.841. The van der Waals surface area contributed by atoms with Gasteiger partial charge in [-0.1, -0.05) is 24.0 Å². The highest BCUT2D eigenvalue weighted by Crippen LogP contribution is 2.19. The van der Waals surface area contributed by atoms with E-state index in [1.54, 1.807) is 6.07 Å². The molecule has 1 unspecified atom stereocenters. The molecule has 1 atom stereocenters. The second kappa shape index (κ2) is 7.09. The summed E-state index contributed by atoms with van der Waals surface area (Å²) in [5.41, 5.74) is 6.72. The second-order valence-corrected chi connectivity index (χ2v) is 4.99. The van der Waals surface area contributed by atoms with Gasteiger partial charge >= 0.3 is 0 Å². The highest BCUT2D eigenvalue weighted by molar-refractivity contribution is 5.96. The molecule has 0 aromatic heterocycles. The largest absolute Gasteiger partial charge is 0.396 e. The number of aliphatic hydroxyl groups excluding tert-OH is 1. The van der Waals surface area contributed by atoms with E-state index >= 15 is 0 Å². The first kappa shape index (κ1) is 14.6. The zero-order chi connectivity index (χ0) is 14.4. The quantitative estimate of drug-likeness (QED) is 0.784. The summed E-state index contributed by atoms with van der Waals surface area (Å²) in [6, 6.07) is 7.34. The Labute approximate surface area is 119 Å². The molecular formula is C16H20N2O2. The number of piperidine rings is 1. The van der Waals surface area contributed by atoms with Crippen LogP contribution < -0.4 is 5.73 Å². The molecule has 1 aliphatic heterocycles. The molecule has 1 aromatic rings. The van der Waals surface area contributed by atoms with Crippen LogP contribution in [0.4, 0.5) is 0 Å². The molecular weight excluding hydrogens is 252 g/mol. The average molecular weight is 272 g/mol. The summed E-state index contributed by atoms with van der Waals surface area (Å²) in [6.45, 7) is 1.78. The summed E-state index contributed by atoms with van der Waals surface area (Å²) < 4.78 is 0. The smallest absolute Gasteiger partial charge is 0.255 e. The van der Waals surface area contributed by atoms with E-state index in [1.807, 2.05) is 23.1 Å². The highest BCUT2D eigenvalue weighted by atomic mass is 16.3. The monoisotopic (exact) mass is 272 g/mol. The number of carbonyl (C=O) groups is 1. The van der Waals surface area contributed by atoms with Crippen LogP contribution in [0.1, 0.15) is 28.8 Å². The zero-order valence-electron chi connectivity index (χ0n) is 11.5.